The first-order valence-corrected chi connectivity index (χ1v) is 22.8. The maximum absolute atomic E-state index is 13.0. The monoisotopic (exact) mass is 557 g/mol. The molecular formula is C24H43NO6SSi3. The Morgan fingerprint density at radius 2 is 1.51 bits per heavy atom. The van der Waals surface area contributed by atoms with Gasteiger partial charge in [0.2, 0.25) is 9.84 Å². The summed E-state index contributed by atoms with van der Waals surface area (Å²) in [7, 11) is -7.87. The van der Waals surface area contributed by atoms with Crippen molar-refractivity contribution in [2.24, 2.45) is 0 Å². The van der Waals surface area contributed by atoms with Crippen LogP contribution in [0.4, 0.5) is 0 Å². The van der Waals surface area contributed by atoms with Crippen molar-refractivity contribution < 1.29 is 26.2 Å². The number of benzene rings is 1. The quantitative estimate of drug-likeness (QED) is 0.129. The van der Waals surface area contributed by atoms with Gasteiger partial charge in [-0.2, -0.15) is 0 Å². The Hall–Kier alpha value is -1.51. The highest BCUT2D eigenvalue weighted by molar-refractivity contribution is 7.96. The number of hydrogen-bond acceptors (Lipinski definition) is 7. The SMILES string of the molecule is CCOC(=O)/C(=C\C=C\N(C)CCC[Si](C)(O[Si](C)(C)C)O[Si](C)(C)C)S(=O)(=O)c1ccccc1. The van der Waals surface area contributed by atoms with Crippen molar-refractivity contribution in [3.05, 3.63) is 53.6 Å². The number of nitrogens with zero attached hydrogens (tertiary/aromatic N) is 1. The number of sulfone groups is 1. The molecule has 0 radical (unpaired) electrons. The molecule has 0 bridgehead atoms. The van der Waals surface area contributed by atoms with E-state index in [1.165, 1.54) is 18.2 Å². The van der Waals surface area contributed by atoms with E-state index in [1.54, 1.807) is 37.4 Å². The van der Waals surface area contributed by atoms with E-state index in [4.69, 9.17) is 13.0 Å². The molecule has 0 aromatic heterocycles. The third kappa shape index (κ3) is 11.8. The van der Waals surface area contributed by atoms with E-state index < -0.39 is 41.0 Å². The Morgan fingerprint density at radius 1 is 0.971 bits per heavy atom. The number of rotatable bonds is 14. The maximum Gasteiger partial charge on any atom is 0.350 e. The van der Waals surface area contributed by atoms with Crippen LogP contribution in [0.5, 0.6) is 0 Å². The van der Waals surface area contributed by atoms with Crippen molar-refractivity contribution in [1.82, 2.24) is 4.90 Å². The largest absolute Gasteiger partial charge is 0.462 e. The van der Waals surface area contributed by atoms with E-state index in [0.29, 0.717) is 0 Å². The Morgan fingerprint density at radius 3 is 2.00 bits per heavy atom. The lowest BCUT2D eigenvalue weighted by Gasteiger charge is -2.38. The fraction of sp³-hybridized carbons (Fsp3) is 0.542. The molecule has 0 saturated heterocycles. The molecule has 0 amide bonds. The minimum atomic E-state index is -3.99. The summed E-state index contributed by atoms with van der Waals surface area (Å²) in [6, 6.07) is 8.77. The lowest BCUT2D eigenvalue weighted by molar-refractivity contribution is -0.137. The van der Waals surface area contributed by atoms with Gasteiger partial charge in [0.05, 0.1) is 11.5 Å². The Balaban J connectivity index is 2.94. The first-order valence-electron chi connectivity index (χ1n) is 12.0. The van der Waals surface area contributed by atoms with Crippen molar-refractivity contribution in [2.75, 3.05) is 20.2 Å². The minimum Gasteiger partial charge on any atom is -0.462 e. The van der Waals surface area contributed by atoms with Gasteiger partial charge in [-0.3, -0.25) is 0 Å². The van der Waals surface area contributed by atoms with Crippen LogP contribution in [-0.4, -0.2) is 64.7 Å². The summed E-state index contributed by atoms with van der Waals surface area (Å²) in [5.41, 5.74) is 0. The molecule has 0 N–H and O–H groups in total. The molecule has 0 spiro atoms. The summed E-state index contributed by atoms with van der Waals surface area (Å²) in [4.78, 5) is 14.0. The van der Waals surface area contributed by atoms with Crippen LogP contribution >= 0.6 is 0 Å². The zero-order valence-corrected chi connectivity index (χ0v) is 26.6. The fourth-order valence-electron chi connectivity index (χ4n) is 3.62. The molecule has 0 aliphatic rings. The van der Waals surface area contributed by atoms with Crippen LogP contribution in [0.15, 0.2) is 58.5 Å². The first kappa shape index (κ1) is 31.5. The Kier molecular flexibility index (Phi) is 11.8. The van der Waals surface area contributed by atoms with Crippen LogP contribution in [0.2, 0.25) is 51.9 Å². The predicted molar refractivity (Wildman–Crippen MR) is 150 cm³/mol. The van der Waals surface area contributed by atoms with E-state index in [0.717, 1.165) is 19.0 Å². The average molecular weight is 558 g/mol. The number of allylic oxidation sites excluding steroid dienone is 2. The van der Waals surface area contributed by atoms with Gasteiger partial charge in [-0.1, -0.05) is 18.2 Å². The van der Waals surface area contributed by atoms with Crippen molar-refractivity contribution in [1.29, 1.82) is 0 Å². The van der Waals surface area contributed by atoms with Crippen LogP contribution in [0.25, 0.3) is 0 Å². The molecule has 1 aromatic rings. The van der Waals surface area contributed by atoms with E-state index in [9.17, 15) is 13.2 Å². The molecule has 1 rings (SSSR count). The normalized spacial score (nSPS) is 13.8. The lowest BCUT2D eigenvalue weighted by atomic mass is 10.4. The van der Waals surface area contributed by atoms with Crippen molar-refractivity contribution in [2.45, 2.75) is 70.1 Å². The van der Waals surface area contributed by atoms with E-state index >= 15 is 0 Å². The van der Waals surface area contributed by atoms with Crippen LogP contribution in [-0.2, 0) is 27.6 Å². The molecule has 0 saturated carbocycles. The third-order valence-corrected chi connectivity index (χ3v) is 16.0. The van der Waals surface area contributed by atoms with Gasteiger partial charge in [0.1, 0.15) is 0 Å². The Bertz CT molecular complexity index is 967. The highest BCUT2D eigenvalue weighted by Crippen LogP contribution is 2.25. The third-order valence-electron chi connectivity index (χ3n) is 4.59. The number of ether oxygens (including phenoxy) is 1. The molecule has 0 atom stereocenters. The number of carbonyl (C=O) groups excluding carboxylic acids is 1. The molecule has 11 heteroatoms. The van der Waals surface area contributed by atoms with Gasteiger partial charge < -0.3 is 17.9 Å². The second-order valence-corrected chi connectivity index (χ2v) is 25.3. The van der Waals surface area contributed by atoms with Crippen molar-refractivity contribution in [3.8, 4) is 0 Å². The zero-order chi connectivity index (χ0) is 26.9. The summed E-state index contributed by atoms with van der Waals surface area (Å²) in [6.07, 6.45) is 5.52. The van der Waals surface area contributed by atoms with Gasteiger partial charge in [0.25, 0.3) is 0 Å². The topological polar surface area (TPSA) is 82.1 Å². The summed E-state index contributed by atoms with van der Waals surface area (Å²) < 4.78 is 44.1. The molecule has 0 aliphatic carbocycles. The lowest BCUT2D eigenvalue weighted by Crippen LogP contribution is -2.52. The van der Waals surface area contributed by atoms with E-state index in [2.05, 4.69) is 45.8 Å². The summed E-state index contributed by atoms with van der Waals surface area (Å²) >= 11 is 0. The van der Waals surface area contributed by atoms with Gasteiger partial charge in [-0.15, -0.1) is 0 Å². The van der Waals surface area contributed by atoms with Gasteiger partial charge >= 0.3 is 14.5 Å². The smallest absolute Gasteiger partial charge is 0.350 e. The number of carbonyl (C=O) groups is 1. The second kappa shape index (κ2) is 13.2. The van der Waals surface area contributed by atoms with Crippen LogP contribution in [0.3, 0.4) is 0 Å². The first-order chi connectivity index (χ1) is 16.0. The summed E-state index contributed by atoms with van der Waals surface area (Å²) in [5, 5.41) is 0. The molecule has 0 aliphatic heterocycles. The van der Waals surface area contributed by atoms with Gasteiger partial charge in [0, 0.05) is 13.6 Å². The highest BCUT2D eigenvalue weighted by atomic mass is 32.2. The highest BCUT2D eigenvalue weighted by Gasteiger charge is 2.39. The fourth-order valence-corrected chi connectivity index (χ4v) is 17.4. The summed E-state index contributed by atoms with van der Waals surface area (Å²) in [6.45, 7) is 17.8. The average Bonchev–Trinajstić information content (AvgIpc) is 2.68. The minimum absolute atomic E-state index is 0.0510. The molecule has 0 heterocycles. The number of hydrogen-bond donors (Lipinski definition) is 0. The van der Waals surface area contributed by atoms with Crippen molar-refractivity contribution in [3.63, 3.8) is 0 Å². The second-order valence-electron chi connectivity index (χ2n) is 10.6. The molecule has 198 valence electrons. The number of esters is 1. The standard InChI is InChI=1S/C24H43NO6SSi3/c1-10-29-24(26)23(32(27,28)22-16-12-11-13-17-22)18-14-19-25(2)20-15-21-35(9,30-33(3,4)5)31-34(6,7)8/h11-14,16-19H,10,15,20-21H2,1-9H3/b19-14+,23-18+. The molecule has 0 unspecified atom stereocenters. The molecule has 35 heavy (non-hydrogen) atoms. The van der Waals surface area contributed by atoms with Crippen LogP contribution < -0.4 is 0 Å². The maximum atomic E-state index is 13.0. The molecular weight excluding hydrogens is 515 g/mol. The van der Waals surface area contributed by atoms with Gasteiger partial charge in [-0.25, -0.2) is 13.2 Å². The zero-order valence-electron chi connectivity index (χ0n) is 22.8. The molecule has 7 nitrogen and oxygen atoms in total. The molecule has 0 fully saturated rings. The summed E-state index contributed by atoms with van der Waals surface area (Å²) in [5.74, 6) is -0.864. The van der Waals surface area contributed by atoms with Crippen molar-refractivity contribution >= 4 is 41.0 Å². The predicted octanol–water partition coefficient (Wildman–Crippen LogP) is 5.52. The van der Waals surface area contributed by atoms with E-state index in [-0.39, 0.29) is 16.4 Å². The van der Waals surface area contributed by atoms with E-state index in [1.807, 2.05) is 11.9 Å². The van der Waals surface area contributed by atoms with Crippen LogP contribution in [0.1, 0.15) is 13.3 Å². The van der Waals surface area contributed by atoms with Gasteiger partial charge in [-0.05, 0) is 95.7 Å². The Labute approximate surface area is 215 Å². The molecule has 1 aromatic carbocycles. The van der Waals surface area contributed by atoms with Crippen LogP contribution in [0, 0.1) is 0 Å². The van der Waals surface area contributed by atoms with Gasteiger partial charge in [0.15, 0.2) is 21.5 Å².